The van der Waals surface area contributed by atoms with Crippen molar-refractivity contribution in [1.82, 2.24) is 0 Å². The molecule has 1 aromatic carbocycles. The minimum absolute atomic E-state index is 0.0694. The number of nitrogens with two attached hydrogens (primary N) is 1. The Hall–Kier alpha value is -1.51. The first-order chi connectivity index (χ1) is 8.68. The van der Waals surface area contributed by atoms with Gasteiger partial charge in [-0.05, 0) is 44.2 Å². The lowest BCUT2D eigenvalue weighted by atomic mass is 10.1. The van der Waals surface area contributed by atoms with E-state index in [1.54, 1.807) is 6.07 Å². The second-order valence-corrected chi connectivity index (χ2v) is 5.06. The number of nitrogen functional groups attached to an aromatic ring is 1. The molecule has 3 nitrogen and oxygen atoms in total. The molecule has 3 heteroatoms. The van der Waals surface area contributed by atoms with Crippen LogP contribution in [0.2, 0.25) is 0 Å². The summed E-state index contributed by atoms with van der Waals surface area (Å²) in [6.45, 7) is 1.90. The molecule has 18 heavy (non-hydrogen) atoms. The molecule has 2 rings (SSSR count). The van der Waals surface area contributed by atoms with Gasteiger partial charge in [-0.3, -0.25) is 0 Å². The number of rotatable bonds is 2. The Morgan fingerprint density at radius 2 is 1.89 bits per heavy atom. The molecule has 0 unspecified atom stereocenters. The number of anilines is 1. The van der Waals surface area contributed by atoms with Crippen molar-refractivity contribution in [2.75, 3.05) is 5.73 Å². The molecule has 0 aromatic heterocycles. The summed E-state index contributed by atoms with van der Waals surface area (Å²) in [6.07, 6.45) is 6.85. The van der Waals surface area contributed by atoms with E-state index in [0.717, 1.165) is 31.2 Å². The molecule has 0 saturated heterocycles. The fourth-order valence-corrected chi connectivity index (χ4v) is 2.43. The van der Waals surface area contributed by atoms with E-state index in [-0.39, 0.29) is 12.1 Å². The van der Waals surface area contributed by atoms with Crippen LogP contribution in [0, 0.1) is 6.92 Å². The maximum Gasteiger partial charge on any atom is 0.340 e. The van der Waals surface area contributed by atoms with Crippen molar-refractivity contribution in [3.8, 4) is 0 Å². The van der Waals surface area contributed by atoms with E-state index in [1.807, 2.05) is 19.1 Å². The van der Waals surface area contributed by atoms with Gasteiger partial charge in [0.25, 0.3) is 0 Å². The fourth-order valence-electron chi connectivity index (χ4n) is 2.43. The van der Waals surface area contributed by atoms with E-state index >= 15 is 0 Å². The van der Waals surface area contributed by atoms with Gasteiger partial charge in [-0.15, -0.1) is 0 Å². The third kappa shape index (κ3) is 3.03. The van der Waals surface area contributed by atoms with Gasteiger partial charge >= 0.3 is 5.97 Å². The molecule has 0 radical (unpaired) electrons. The van der Waals surface area contributed by atoms with E-state index < -0.39 is 0 Å². The monoisotopic (exact) mass is 247 g/mol. The molecule has 1 fully saturated rings. The smallest absolute Gasteiger partial charge is 0.340 e. The molecule has 0 atom stereocenters. The minimum atomic E-state index is -0.275. The molecule has 2 N–H and O–H groups in total. The zero-order valence-electron chi connectivity index (χ0n) is 10.9. The highest BCUT2D eigenvalue weighted by molar-refractivity contribution is 5.95. The van der Waals surface area contributed by atoms with Crippen molar-refractivity contribution in [2.24, 2.45) is 0 Å². The number of benzene rings is 1. The van der Waals surface area contributed by atoms with Crippen LogP contribution < -0.4 is 5.73 Å². The topological polar surface area (TPSA) is 52.3 Å². The fraction of sp³-hybridized carbons (Fsp3) is 0.533. The first kappa shape index (κ1) is 12.9. The first-order valence-corrected chi connectivity index (χ1v) is 6.74. The van der Waals surface area contributed by atoms with Gasteiger partial charge in [0.15, 0.2) is 0 Å². The van der Waals surface area contributed by atoms with Crippen LogP contribution in [-0.2, 0) is 4.74 Å². The Kier molecular flexibility index (Phi) is 4.24. The lowest BCUT2D eigenvalue weighted by Crippen LogP contribution is -2.18. The van der Waals surface area contributed by atoms with Gasteiger partial charge < -0.3 is 10.5 Å². The van der Waals surface area contributed by atoms with Crippen LogP contribution in [0.3, 0.4) is 0 Å². The number of para-hydroxylation sites is 1. The maximum absolute atomic E-state index is 12.1. The minimum Gasteiger partial charge on any atom is -0.459 e. The van der Waals surface area contributed by atoms with Gasteiger partial charge in [0.1, 0.15) is 6.10 Å². The Balaban J connectivity index is 2.04. The Bertz CT molecular complexity index is 421. The van der Waals surface area contributed by atoms with Crippen LogP contribution >= 0.6 is 0 Å². The lowest BCUT2D eigenvalue weighted by molar-refractivity contribution is 0.0268. The lowest BCUT2D eigenvalue weighted by Gasteiger charge is -2.16. The zero-order valence-corrected chi connectivity index (χ0v) is 10.9. The molecule has 1 aliphatic carbocycles. The van der Waals surface area contributed by atoms with Crippen LogP contribution in [0.5, 0.6) is 0 Å². The molecule has 0 aliphatic heterocycles. The van der Waals surface area contributed by atoms with Crippen molar-refractivity contribution in [3.05, 3.63) is 29.3 Å². The second-order valence-electron chi connectivity index (χ2n) is 5.06. The number of ether oxygens (including phenoxy) is 1. The normalized spacial score (nSPS) is 17.2. The Morgan fingerprint density at radius 1 is 1.22 bits per heavy atom. The Morgan fingerprint density at radius 3 is 2.56 bits per heavy atom. The SMILES string of the molecule is Cc1cccc(C(=O)OC2CCCCCC2)c1N. The number of carbonyl (C=O) groups excluding carboxylic acids is 1. The van der Waals surface area contributed by atoms with Crippen LogP contribution in [0.15, 0.2) is 18.2 Å². The summed E-state index contributed by atoms with van der Waals surface area (Å²) in [5.74, 6) is -0.275. The number of hydrogen-bond donors (Lipinski definition) is 1. The molecule has 0 heterocycles. The number of carbonyl (C=O) groups is 1. The van der Waals surface area contributed by atoms with Gasteiger partial charge in [-0.1, -0.05) is 25.0 Å². The third-order valence-electron chi connectivity index (χ3n) is 3.62. The summed E-state index contributed by atoms with van der Waals surface area (Å²) in [5.41, 5.74) is 7.88. The molecule has 0 spiro atoms. The highest BCUT2D eigenvalue weighted by Gasteiger charge is 2.19. The maximum atomic E-state index is 12.1. The largest absolute Gasteiger partial charge is 0.459 e. The summed E-state index contributed by atoms with van der Waals surface area (Å²) >= 11 is 0. The molecular weight excluding hydrogens is 226 g/mol. The molecule has 98 valence electrons. The first-order valence-electron chi connectivity index (χ1n) is 6.74. The summed E-state index contributed by atoms with van der Waals surface area (Å²) in [4.78, 5) is 12.1. The Labute approximate surface area is 108 Å². The van der Waals surface area contributed by atoms with Gasteiger partial charge in [-0.25, -0.2) is 4.79 Å². The van der Waals surface area contributed by atoms with Gasteiger partial charge in [0, 0.05) is 5.69 Å². The van der Waals surface area contributed by atoms with Gasteiger partial charge in [-0.2, -0.15) is 0 Å². The molecule has 1 saturated carbocycles. The van der Waals surface area contributed by atoms with E-state index in [2.05, 4.69) is 0 Å². The predicted octanol–water partition coefficient (Wildman–Crippen LogP) is 3.46. The van der Waals surface area contributed by atoms with Crippen molar-refractivity contribution in [3.63, 3.8) is 0 Å². The summed E-state index contributed by atoms with van der Waals surface area (Å²) in [7, 11) is 0. The zero-order chi connectivity index (χ0) is 13.0. The number of aryl methyl sites for hydroxylation is 1. The standard InChI is InChI=1S/C15H21NO2/c1-11-7-6-10-13(14(11)16)15(17)18-12-8-4-2-3-5-9-12/h6-7,10,12H,2-5,8-9,16H2,1H3. The van der Waals surface area contributed by atoms with Crippen LogP contribution in [0.25, 0.3) is 0 Å². The quantitative estimate of drug-likeness (QED) is 0.494. The average molecular weight is 247 g/mol. The van der Waals surface area contributed by atoms with Crippen LogP contribution in [0.4, 0.5) is 5.69 Å². The van der Waals surface area contributed by atoms with Gasteiger partial charge in [0.2, 0.25) is 0 Å². The van der Waals surface area contributed by atoms with Crippen LogP contribution in [0.1, 0.15) is 54.4 Å². The number of hydrogen-bond acceptors (Lipinski definition) is 3. The highest BCUT2D eigenvalue weighted by Crippen LogP contribution is 2.23. The van der Waals surface area contributed by atoms with E-state index in [9.17, 15) is 4.79 Å². The molecule has 1 aliphatic rings. The van der Waals surface area contributed by atoms with Crippen molar-refractivity contribution in [1.29, 1.82) is 0 Å². The average Bonchev–Trinajstić information content (AvgIpc) is 2.61. The molecule has 0 amide bonds. The van der Waals surface area contributed by atoms with Gasteiger partial charge in [0.05, 0.1) is 5.56 Å². The number of esters is 1. The third-order valence-corrected chi connectivity index (χ3v) is 3.62. The van der Waals surface area contributed by atoms with Crippen molar-refractivity contribution in [2.45, 2.75) is 51.6 Å². The molecule has 1 aromatic rings. The molecule has 0 bridgehead atoms. The van der Waals surface area contributed by atoms with E-state index in [4.69, 9.17) is 10.5 Å². The highest BCUT2D eigenvalue weighted by atomic mass is 16.5. The summed E-state index contributed by atoms with van der Waals surface area (Å²) < 4.78 is 5.57. The van der Waals surface area contributed by atoms with Crippen LogP contribution in [-0.4, -0.2) is 12.1 Å². The van der Waals surface area contributed by atoms with Crippen molar-refractivity contribution < 1.29 is 9.53 Å². The van der Waals surface area contributed by atoms with Crippen molar-refractivity contribution >= 4 is 11.7 Å². The summed E-state index contributed by atoms with van der Waals surface area (Å²) in [5, 5.41) is 0. The predicted molar refractivity (Wildman–Crippen MR) is 72.5 cm³/mol. The molecular formula is C15H21NO2. The van der Waals surface area contributed by atoms with E-state index in [0.29, 0.717) is 11.3 Å². The van der Waals surface area contributed by atoms with E-state index in [1.165, 1.54) is 12.8 Å². The second kappa shape index (κ2) is 5.89. The summed E-state index contributed by atoms with van der Waals surface area (Å²) in [6, 6.07) is 5.48.